The van der Waals surface area contributed by atoms with E-state index >= 15 is 0 Å². The van der Waals surface area contributed by atoms with Crippen molar-refractivity contribution in [2.75, 3.05) is 13.4 Å². The molecule has 0 bridgehead atoms. The molecule has 1 atom stereocenters. The molecule has 1 aliphatic heterocycles. The maximum absolute atomic E-state index is 11.9. The van der Waals surface area contributed by atoms with Crippen LogP contribution in [0.25, 0.3) is 5.70 Å². The molecule has 1 aliphatic rings. The van der Waals surface area contributed by atoms with Gasteiger partial charge >= 0.3 is 5.97 Å². The zero-order valence-corrected chi connectivity index (χ0v) is 13.6. The first-order chi connectivity index (χ1) is 10.1. The lowest BCUT2D eigenvalue weighted by molar-refractivity contribution is -0.187. The van der Waals surface area contributed by atoms with Crippen molar-refractivity contribution in [3.8, 4) is 0 Å². The van der Waals surface area contributed by atoms with Gasteiger partial charge in [-0.15, -0.1) is 0 Å². The van der Waals surface area contributed by atoms with Crippen LogP contribution in [0.1, 0.15) is 22.8 Å². The summed E-state index contributed by atoms with van der Waals surface area (Å²) in [5, 5.41) is 8.95. The summed E-state index contributed by atoms with van der Waals surface area (Å²) in [4.78, 5) is 16.3. The summed E-state index contributed by atoms with van der Waals surface area (Å²) in [6.07, 6.45) is 2.49. The number of carboxylic acid groups (broad SMARTS) is 1. The predicted molar refractivity (Wildman–Crippen MR) is 79.1 cm³/mol. The van der Waals surface area contributed by atoms with Gasteiger partial charge in [-0.1, -0.05) is 11.6 Å². The van der Waals surface area contributed by atoms with Crippen molar-refractivity contribution >= 4 is 33.1 Å². The van der Waals surface area contributed by atoms with Crippen LogP contribution in [0.15, 0.2) is 23.1 Å². The fourth-order valence-corrected chi connectivity index (χ4v) is 3.29. The van der Waals surface area contributed by atoms with E-state index in [0.717, 1.165) is 12.3 Å². The van der Waals surface area contributed by atoms with E-state index in [1.54, 1.807) is 6.92 Å². The third-order valence-corrected chi connectivity index (χ3v) is 4.71. The van der Waals surface area contributed by atoms with Crippen LogP contribution >= 0.6 is 11.6 Å². The van der Waals surface area contributed by atoms with Gasteiger partial charge in [-0.2, -0.15) is 0 Å². The minimum Gasteiger partial charge on any atom is -0.478 e. The lowest BCUT2D eigenvalue weighted by Crippen LogP contribution is -2.27. The number of hydrogen-bond donors (Lipinski definition) is 2. The first-order valence-corrected chi connectivity index (χ1v) is 8.34. The van der Waals surface area contributed by atoms with Gasteiger partial charge in [-0.05, 0) is 19.1 Å². The first kappa shape index (κ1) is 16.8. The third kappa shape index (κ3) is 2.95. The molecule has 7 nitrogen and oxygen atoms in total. The lowest BCUT2D eigenvalue weighted by Gasteiger charge is -2.16. The number of ether oxygens (including phenoxy) is 1. The highest BCUT2D eigenvalue weighted by Crippen LogP contribution is 2.36. The smallest absolute Gasteiger partial charge is 0.337 e. The zero-order valence-electron chi connectivity index (χ0n) is 12.0. The molecular formula is C13H14ClNO6S. The summed E-state index contributed by atoms with van der Waals surface area (Å²) >= 11 is 6.11. The second-order valence-corrected chi connectivity index (χ2v) is 7.22. The van der Waals surface area contributed by atoms with E-state index in [2.05, 4.69) is 5.48 Å². The van der Waals surface area contributed by atoms with Crippen LogP contribution < -0.4 is 5.48 Å². The molecule has 1 heterocycles. The molecule has 2 N–H and O–H groups in total. The fourth-order valence-electron chi connectivity index (χ4n) is 1.98. The van der Waals surface area contributed by atoms with Crippen LogP contribution in [0, 0.1) is 0 Å². The van der Waals surface area contributed by atoms with E-state index in [0.29, 0.717) is 0 Å². The van der Waals surface area contributed by atoms with Crippen LogP contribution in [0.4, 0.5) is 0 Å². The van der Waals surface area contributed by atoms with Gasteiger partial charge in [0, 0.05) is 25.0 Å². The van der Waals surface area contributed by atoms with E-state index < -0.39 is 21.6 Å². The van der Waals surface area contributed by atoms with Gasteiger partial charge in [-0.3, -0.25) is 5.48 Å². The molecule has 22 heavy (non-hydrogen) atoms. The quantitative estimate of drug-likeness (QED) is 0.854. The van der Waals surface area contributed by atoms with Gasteiger partial charge in [0.2, 0.25) is 5.79 Å². The Hall–Kier alpha value is -1.61. The molecule has 0 fully saturated rings. The van der Waals surface area contributed by atoms with Crippen molar-refractivity contribution in [2.45, 2.75) is 17.6 Å². The van der Waals surface area contributed by atoms with Crippen molar-refractivity contribution in [1.82, 2.24) is 5.48 Å². The maximum Gasteiger partial charge on any atom is 0.337 e. The van der Waals surface area contributed by atoms with Crippen LogP contribution in [0.2, 0.25) is 5.02 Å². The number of halogens is 1. The van der Waals surface area contributed by atoms with Gasteiger partial charge < -0.3 is 9.84 Å². The number of methoxy groups -OCH3 is 1. The van der Waals surface area contributed by atoms with Gasteiger partial charge in [0.1, 0.15) is 0 Å². The van der Waals surface area contributed by atoms with Crippen LogP contribution in [0.3, 0.4) is 0 Å². The number of carbonyl (C=O) groups is 1. The normalized spacial score (nSPS) is 21.4. The molecule has 1 aromatic carbocycles. The summed E-state index contributed by atoms with van der Waals surface area (Å²) in [5.41, 5.74) is 2.57. The number of nitrogens with one attached hydrogen (secondary N) is 1. The Morgan fingerprint density at radius 3 is 2.55 bits per heavy atom. The Balaban J connectivity index is 2.75. The Kier molecular flexibility index (Phi) is 4.22. The van der Waals surface area contributed by atoms with Gasteiger partial charge in [0.05, 0.1) is 21.2 Å². The van der Waals surface area contributed by atoms with Crippen molar-refractivity contribution in [3.63, 3.8) is 0 Å². The number of aromatic carboxylic acids is 1. The number of carboxylic acids is 1. The molecule has 0 saturated carbocycles. The number of rotatable bonds is 4. The SMILES string of the molecule is COC1(C)C=C(c2c(S(C)(=O)=O)ccc(C(=O)O)c2Cl)NO1. The highest BCUT2D eigenvalue weighted by molar-refractivity contribution is 7.90. The fraction of sp³-hybridized carbons (Fsp3) is 0.308. The van der Waals surface area contributed by atoms with Crippen molar-refractivity contribution < 1.29 is 27.9 Å². The maximum atomic E-state index is 11.9. The lowest BCUT2D eigenvalue weighted by atomic mass is 10.1. The molecule has 0 saturated heterocycles. The summed E-state index contributed by atoms with van der Waals surface area (Å²) in [5.74, 6) is -2.38. The monoisotopic (exact) mass is 347 g/mol. The minimum absolute atomic E-state index is 0.0323. The molecular weight excluding hydrogens is 334 g/mol. The molecule has 120 valence electrons. The summed E-state index contributed by atoms with van der Waals surface area (Å²) < 4.78 is 29.0. The van der Waals surface area contributed by atoms with Gasteiger partial charge in [0.25, 0.3) is 0 Å². The zero-order chi connectivity index (χ0) is 16.7. The molecule has 0 aromatic heterocycles. The number of hydrogen-bond acceptors (Lipinski definition) is 6. The van der Waals surface area contributed by atoms with Crippen molar-refractivity contribution in [1.29, 1.82) is 0 Å². The van der Waals surface area contributed by atoms with E-state index in [9.17, 15) is 13.2 Å². The number of sulfone groups is 1. The van der Waals surface area contributed by atoms with E-state index in [1.807, 2.05) is 0 Å². The Bertz CT molecular complexity index is 773. The molecule has 0 amide bonds. The van der Waals surface area contributed by atoms with E-state index in [1.165, 1.54) is 19.3 Å². The van der Waals surface area contributed by atoms with E-state index in [-0.39, 0.29) is 26.7 Å². The second kappa shape index (κ2) is 5.54. The van der Waals surface area contributed by atoms with Crippen molar-refractivity contribution in [3.05, 3.63) is 34.4 Å². The number of hydroxylamine groups is 1. The molecule has 0 aliphatic carbocycles. The highest BCUT2D eigenvalue weighted by atomic mass is 35.5. The van der Waals surface area contributed by atoms with Crippen LogP contribution in [0.5, 0.6) is 0 Å². The third-order valence-electron chi connectivity index (χ3n) is 3.18. The Morgan fingerprint density at radius 1 is 1.45 bits per heavy atom. The molecule has 9 heteroatoms. The largest absolute Gasteiger partial charge is 0.478 e. The minimum atomic E-state index is -3.63. The van der Waals surface area contributed by atoms with Gasteiger partial charge in [-0.25, -0.2) is 18.0 Å². The Labute approximate surface area is 132 Å². The highest BCUT2D eigenvalue weighted by Gasteiger charge is 2.33. The number of benzene rings is 1. The topological polar surface area (TPSA) is 102 Å². The molecule has 0 spiro atoms. The summed E-state index contributed by atoms with van der Waals surface area (Å²) in [7, 11) is -2.22. The average molecular weight is 348 g/mol. The standard InChI is InChI=1S/C13H14ClNO6S/c1-13(20-2)6-8(15-21-13)10-9(22(3,18)19)5-4-7(11(10)14)12(16)17/h4-6,15H,1-3H3,(H,16,17). The summed E-state index contributed by atoms with van der Waals surface area (Å²) in [6.45, 7) is 1.60. The second-order valence-electron chi connectivity index (χ2n) is 4.86. The van der Waals surface area contributed by atoms with Crippen LogP contribution in [-0.4, -0.2) is 38.6 Å². The molecule has 1 unspecified atom stereocenters. The predicted octanol–water partition coefficient (Wildman–Crippen LogP) is 1.68. The van der Waals surface area contributed by atoms with E-state index in [4.69, 9.17) is 26.3 Å². The van der Waals surface area contributed by atoms with Crippen molar-refractivity contribution in [2.24, 2.45) is 0 Å². The van der Waals surface area contributed by atoms with Gasteiger partial charge in [0.15, 0.2) is 9.84 Å². The molecule has 1 aromatic rings. The molecule has 2 rings (SSSR count). The average Bonchev–Trinajstić information content (AvgIpc) is 2.80. The van der Waals surface area contributed by atoms with Crippen LogP contribution in [-0.2, 0) is 19.4 Å². The summed E-state index contributed by atoms with van der Waals surface area (Å²) in [6, 6.07) is 2.35. The molecule has 0 radical (unpaired) electrons. The Morgan fingerprint density at radius 2 is 2.09 bits per heavy atom. The first-order valence-electron chi connectivity index (χ1n) is 6.07.